The van der Waals surface area contributed by atoms with Crippen LogP contribution in [0.2, 0.25) is 0 Å². The molecular formula is C32H27BrN2O5. The van der Waals surface area contributed by atoms with Crippen molar-refractivity contribution in [1.82, 2.24) is 5.32 Å². The van der Waals surface area contributed by atoms with Crippen LogP contribution < -0.4 is 19.7 Å². The Bertz CT molecular complexity index is 1690. The van der Waals surface area contributed by atoms with Gasteiger partial charge in [0.1, 0.15) is 12.2 Å². The van der Waals surface area contributed by atoms with Gasteiger partial charge < -0.3 is 9.47 Å². The third kappa shape index (κ3) is 5.49. The van der Waals surface area contributed by atoms with Gasteiger partial charge in [0.25, 0.3) is 11.8 Å². The molecule has 0 spiro atoms. The monoisotopic (exact) mass is 598 g/mol. The molecule has 7 nitrogen and oxygen atoms in total. The van der Waals surface area contributed by atoms with Crippen LogP contribution in [0, 0.1) is 13.8 Å². The van der Waals surface area contributed by atoms with Crippen LogP contribution in [0.25, 0.3) is 16.8 Å². The number of barbiturate groups is 1. The molecule has 4 amide bonds. The second-order valence-electron chi connectivity index (χ2n) is 9.45. The van der Waals surface area contributed by atoms with Gasteiger partial charge in [0.2, 0.25) is 0 Å². The number of hydrogen-bond donors (Lipinski definition) is 1. The summed E-state index contributed by atoms with van der Waals surface area (Å²) in [7, 11) is 0. The van der Waals surface area contributed by atoms with Gasteiger partial charge in [-0.15, -0.1) is 0 Å². The van der Waals surface area contributed by atoms with Crippen LogP contribution in [0.3, 0.4) is 0 Å². The molecule has 1 saturated heterocycles. The van der Waals surface area contributed by atoms with E-state index in [0.29, 0.717) is 40.4 Å². The Kier molecular flexibility index (Phi) is 7.71. The van der Waals surface area contributed by atoms with Crippen LogP contribution in [0.1, 0.15) is 29.2 Å². The Morgan fingerprint density at radius 2 is 1.60 bits per heavy atom. The lowest BCUT2D eigenvalue weighted by Crippen LogP contribution is -2.54. The van der Waals surface area contributed by atoms with Gasteiger partial charge in [0, 0.05) is 4.47 Å². The number of carbonyl (C=O) groups is 3. The lowest BCUT2D eigenvalue weighted by Gasteiger charge is -2.27. The fourth-order valence-corrected chi connectivity index (χ4v) is 4.88. The topological polar surface area (TPSA) is 84.9 Å². The Labute approximate surface area is 240 Å². The molecule has 0 radical (unpaired) electrons. The number of nitrogens with one attached hydrogen (secondary N) is 1. The van der Waals surface area contributed by atoms with Crippen molar-refractivity contribution in [2.45, 2.75) is 27.4 Å². The first kappa shape index (κ1) is 27.1. The Hall–Kier alpha value is -4.43. The highest BCUT2D eigenvalue weighted by Crippen LogP contribution is 2.36. The third-order valence-corrected chi connectivity index (χ3v) is 7.41. The second kappa shape index (κ2) is 11.4. The maximum absolute atomic E-state index is 13.4. The minimum Gasteiger partial charge on any atom is -0.490 e. The van der Waals surface area contributed by atoms with E-state index >= 15 is 0 Å². The Morgan fingerprint density at radius 1 is 0.850 bits per heavy atom. The number of halogens is 1. The number of fused-ring (bicyclic) bond motifs is 1. The normalized spacial score (nSPS) is 14.6. The number of benzene rings is 4. The summed E-state index contributed by atoms with van der Waals surface area (Å²) >= 11 is 3.54. The lowest BCUT2D eigenvalue weighted by atomic mass is 10.0. The van der Waals surface area contributed by atoms with Crippen LogP contribution in [-0.4, -0.2) is 24.5 Å². The molecule has 4 aromatic carbocycles. The number of amides is 4. The molecule has 0 saturated carbocycles. The Balaban J connectivity index is 1.44. The zero-order valence-electron chi connectivity index (χ0n) is 22.3. The molecule has 40 heavy (non-hydrogen) atoms. The molecule has 0 bridgehead atoms. The van der Waals surface area contributed by atoms with Crippen molar-refractivity contribution >= 4 is 56.3 Å². The molecule has 8 heteroatoms. The first-order valence-electron chi connectivity index (χ1n) is 12.8. The lowest BCUT2D eigenvalue weighted by molar-refractivity contribution is -0.122. The van der Waals surface area contributed by atoms with Gasteiger partial charge in [-0.2, -0.15) is 0 Å². The van der Waals surface area contributed by atoms with Crippen molar-refractivity contribution in [3.05, 3.63) is 105 Å². The van der Waals surface area contributed by atoms with Gasteiger partial charge in [-0.1, -0.05) is 58.4 Å². The summed E-state index contributed by atoms with van der Waals surface area (Å²) in [6.07, 6.45) is 1.44. The zero-order chi connectivity index (χ0) is 28.4. The van der Waals surface area contributed by atoms with Crippen molar-refractivity contribution < 1.29 is 23.9 Å². The van der Waals surface area contributed by atoms with Crippen molar-refractivity contribution in [3.63, 3.8) is 0 Å². The molecular weight excluding hydrogens is 572 g/mol. The van der Waals surface area contributed by atoms with Crippen molar-refractivity contribution in [3.8, 4) is 11.5 Å². The molecule has 0 aliphatic carbocycles. The molecule has 1 heterocycles. The van der Waals surface area contributed by atoms with E-state index in [9.17, 15) is 14.4 Å². The van der Waals surface area contributed by atoms with Gasteiger partial charge in [-0.05, 0) is 90.2 Å². The first-order valence-corrected chi connectivity index (χ1v) is 13.6. The second-order valence-corrected chi connectivity index (χ2v) is 10.3. The van der Waals surface area contributed by atoms with Crippen LogP contribution in [0.4, 0.5) is 10.5 Å². The number of urea groups is 1. The summed E-state index contributed by atoms with van der Waals surface area (Å²) in [6, 6.07) is 22.2. The van der Waals surface area contributed by atoms with E-state index in [-0.39, 0.29) is 5.57 Å². The number of aryl methyl sites for hydroxylation is 2. The molecule has 1 aliphatic heterocycles. The maximum atomic E-state index is 13.4. The predicted molar refractivity (Wildman–Crippen MR) is 159 cm³/mol. The van der Waals surface area contributed by atoms with Crippen molar-refractivity contribution in [1.29, 1.82) is 0 Å². The van der Waals surface area contributed by atoms with Gasteiger partial charge in [-0.3, -0.25) is 14.9 Å². The molecule has 0 unspecified atom stereocenters. The average molecular weight is 599 g/mol. The standard InChI is InChI=1S/C32H27BrN2O5/c1-4-39-28-16-24(27(33)17-29(28)40-18-21-10-11-22-7-5-6-8-23(22)14-21)15-26-30(36)34-32(38)35(31(26)37)25-12-9-19(2)20(3)13-25/h5-17H,4,18H2,1-3H3,(H,34,36,38)/b26-15+. The summed E-state index contributed by atoms with van der Waals surface area (Å²) < 4.78 is 12.6. The molecule has 1 N–H and O–H groups in total. The van der Waals surface area contributed by atoms with Crippen molar-refractivity contribution in [2.24, 2.45) is 0 Å². The summed E-state index contributed by atoms with van der Waals surface area (Å²) in [6.45, 7) is 6.40. The van der Waals surface area contributed by atoms with E-state index < -0.39 is 17.8 Å². The molecule has 0 atom stereocenters. The van der Waals surface area contributed by atoms with E-state index in [1.165, 1.54) is 6.08 Å². The molecule has 1 fully saturated rings. The number of rotatable bonds is 7. The number of anilines is 1. The van der Waals surface area contributed by atoms with Gasteiger partial charge in [0.15, 0.2) is 11.5 Å². The summed E-state index contributed by atoms with van der Waals surface area (Å²) in [4.78, 5) is 39.7. The third-order valence-electron chi connectivity index (χ3n) is 6.72. The number of nitrogens with zero attached hydrogens (tertiary/aromatic N) is 1. The van der Waals surface area contributed by atoms with Gasteiger partial charge in [-0.25, -0.2) is 9.69 Å². The minimum atomic E-state index is -0.790. The average Bonchev–Trinajstić information content (AvgIpc) is 2.93. The van der Waals surface area contributed by atoms with Crippen LogP contribution in [0.5, 0.6) is 11.5 Å². The highest BCUT2D eigenvalue weighted by molar-refractivity contribution is 9.10. The van der Waals surface area contributed by atoms with E-state index in [4.69, 9.17) is 9.47 Å². The van der Waals surface area contributed by atoms with E-state index in [1.807, 2.05) is 45.0 Å². The number of imide groups is 2. The summed E-state index contributed by atoms with van der Waals surface area (Å²) in [5.41, 5.74) is 3.68. The minimum absolute atomic E-state index is 0.175. The number of ether oxygens (including phenoxy) is 2. The van der Waals surface area contributed by atoms with E-state index in [1.54, 1.807) is 24.3 Å². The smallest absolute Gasteiger partial charge is 0.335 e. The molecule has 5 rings (SSSR count). The fourth-order valence-electron chi connectivity index (χ4n) is 4.44. The van der Waals surface area contributed by atoms with Crippen molar-refractivity contribution in [2.75, 3.05) is 11.5 Å². The van der Waals surface area contributed by atoms with Crippen LogP contribution >= 0.6 is 15.9 Å². The predicted octanol–water partition coefficient (Wildman–Crippen LogP) is 6.86. The van der Waals surface area contributed by atoms with E-state index in [2.05, 4.69) is 45.5 Å². The Morgan fingerprint density at radius 3 is 2.35 bits per heavy atom. The fraction of sp³-hybridized carbons (Fsp3) is 0.156. The molecule has 202 valence electrons. The first-order chi connectivity index (χ1) is 19.2. The SMILES string of the molecule is CCOc1cc(/C=C2\C(=O)NC(=O)N(c3ccc(C)c(C)c3)C2=O)c(Br)cc1OCc1ccc2ccccc2c1. The number of hydrogen-bond acceptors (Lipinski definition) is 5. The van der Waals surface area contributed by atoms with Crippen LogP contribution in [-0.2, 0) is 16.2 Å². The zero-order valence-corrected chi connectivity index (χ0v) is 23.9. The molecule has 1 aliphatic rings. The van der Waals surface area contributed by atoms with E-state index in [0.717, 1.165) is 32.4 Å². The molecule has 0 aromatic heterocycles. The maximum Gasteiger partial charge on any atom is 0.335 e. The number of carbonyl (C=O) groups excluding carboxylic acids is 3. The quantitative estimate of drug-likeness (QED) is 0.185. The molecule has 4 aromatic rings. The van der Waals surface area contributed by atoms with Gasteiger partial charge in [0.05, 0.1) is 12.3 Å². The van der Waals surface area contributed by atoms with Gasteiger partial charge >= 0.3 is 6.03 Å². The summed E-state index contributed by atoms with van der Waals surface area (Å²) in [5.74, 6) is -0.505. The highest BCUT2D eigenvalue weighted by Gasteiger charge is 2.37. The summed E-state index contributed by atoms with van der Waals surface area (Å²) in [5, 5.41) is 4.55. The van der Waals surface area contributed by atoms with Crippen LogP contribution in [0.15, 0.2) is 82.8 Å². The largest absolute Gasteiger partial charge is 0.490 e. The highest BCUT2D eigenvalue weighted by atomic mass is 79.9.